The molecule has 1 heterocycles. The number of fused-ring (bicyclic) bond motifs is 1. The standard InChI is InChI=1S/C15H12N2OS2/c16-15(19)10-5-7-11(8-6-10)18-9-14-17-12-3-1-2-4-13(12)20-14/h1-8H,9H2,(H2,16,19). The van der Waals surface area contributed by atoms with Crippen molar-refractivity contribution < 1.29 is 4.74 Å². The summed E-state index contributed by atoms with van der Waals surface area (Å²) in [6.07, 6.45) is 0. The van der Waals surface area contributed by atoms with Crippen LogP contribution in [0.5, 0.6) is 5.75 Å². The second-order valence-corrected chi connectivity index (χ2v) is 5.81. The summed E-state index contributed by atoms with van der Waals surface area (Å²) in [4.78, 5) is 4.92. The lowest BCUT2D eigenvalue weighted by Crippen LogP contribution is -2.08. The number of thiocarbonyl (C=S) groups is 1. The number of rotatable bonds is 4. The van der Waals surface area contributed by atoms with E-state index in [2.05, 4.69) is 11.1 Å². The number of nitrogens with zero attached hydrogens (tertiary/aromatic N) is 1. The van der Waals surface area contributed by atoms with E-state index in [1.54, 1.807) is 11.3 Å². The minimum Gasteiger partial charge on any atom is -0.486 e. The van der Waals surface area contributed by atoms with Gasteiger partial charge < -0.3 is 10.5 Å². The third-order valence-corrected chi connectivity index (χ3v) is 4.08. The van der Waals surface area contributed by atoms with Gasteiger partial charge in [0.15, 0.2) is 0 Å². The largest absolute Gasteiger partial charge is 0.486 e. The average molecular weight is 300 g/mol. The molecular weight excluding hydrogens is 288 g/mol. The number of nitrogens with two attached hydrogens (primary N) is 1. The highest BCUT2D eigenvalue weighted by atomic mass is 32.1. The SMILES string of the molecule is NC(=S)c1ccc(OCc2nc3ccccc3s2)cc1. The maximum atomic E-state index is 5.72. The van der Waals surface area contributed by atoms with Crippen LogP contribution in [0.1, 0.15) is 10.6 Å². The van der Waals surface area contributed by atoms with Crippen molar-refractivity contribution in [3.8, 4) is 5.75 Å². The summed E-state index contributed by atoms with van der Waals surface area (Å²) in [6.45, 7) is 0.464. The summed E-state index contributed by atoms with van der Waals surface area (Å²) >= 11 is 6.56. The highest BCUT2D eigenvalue weighted by molar-refractivity contribution is 7.80. The van der Waals surface area contributed by atoms with Crippen molar-refractivity contribution in [3.63, 3.8) is 0 Å². The van der Waals surface area contributed by atoms with Crippen LogP contribution in [-0.2, 0) is 6.61 Å². The van der Waals surface area contributed by atoms with Gasteiger partial charge in [0.1, 0.15) is 22.4 Å². The zero-order valence-corrected chi connectivity index (χ0v) is 12.2. The maximum absolute atomic E-state index is 5.72. The molecule has 0 spiro atoms. The predicted octanol–water partition coefficient (Wildman–Crippen LogP) is 3.51. The van der Waals surface area contributed by atoms with Gasteiger partial charge in [-0.3, -0.25) is 0 Å². The van der Waals surface area contributed by atoms with Crippen LogP contribution in [0.15, 0.2) is 48.5 Å². The quantitative estimate of drug-likeness (QED) is 0.749. The molecule has 0 aliphatic carbocycles. The lowest BCUT2D eigenvalue weighted by Gasteiger charge is -2.04. The summed E-state index contributed by atoms with van der Waals surface area (Å²) in [7, 11) is 0. The van der Waals surface area contributed by atoms with Gasteiger partial charge in [0.2, 0.25) is 0 Å². The molecule has 100 valence electrons. The van der Waals surface area contributed by atoms with E-state index in [-0.39, 0.29) is 0 Å². The monoisotopic (exact) mass is 300 g/mol. The van der Waals surface area contributed by atoms with Crippen molar-refractivity contribution in [2.24, 2.45) is 5.73 Å². The molecule has 3 aromatic rings. The predicted molar refractivity (Wildman–Crippen MR) is 86.3 cm³/mol. The lowest BCUT2D eigenvalue weighted by atomic mass is 10.2. The minimum atomic E-state index is 0.391. The molecule has 2 aromatic carbocycles. The Bertz CT molecular complexity index is 717. The van der Waals surface area contributed by atoms with Crippen molar-refractivity contribution >= 4 is 38.8 Å². The number of thiazole rings is 1. The Balaban J connectivity index is 1.71. The van der Waals surface area contributed by atoms with E-state index in [1.165, 1.54) is 4.70 Å². The van der Waals surface area contributed by atoms with Crippen molar-refractivity contribution in [1.82, 2.24) is 4.98 Å². The molecule has 0 amide bonds. The van der Waals surface area contributed by atoms with Crippen LogP contribution in [0.25, 0.3) is 10.2 Å². The van der Waals surface area contributed by atoms with Gasteiger partial charge in [-0.25, -0.2) is 4.98 Å². The molecule has 0 saturated heterocycles. The molecule has 0 fully saturated rings. The van der Waals surface area contributed by atoms with Crippen molar-refractivity contribution in [2.75, 3.05) is 0 Å². The summed E-state index contributed by atoms with van der Waals surface area (Å²) in [5.74, 6) is 0.782. The Morgan fingerprint density at radius 1 is 1.15 bits per heavy atom. The highest BCUT2D eigenvalue weighted by Gasteiger charge is 2.04. The number of ether oxygens (including phenoxy) is 1. The topological polar surface area (TPSA) is 48.1 Å². The van der Waals surface area contributed by atoms with Crippen molar-refractivity contribution in [3.05, 3.63) is 59.1 Å². The molecule has 0 atom stereocenters. The van der Waals surface area contributed by atoms with E-state index in [1.807, 2.05) is 42.5 Å². The van der Waals surface area contributed by atoms with E-state index in [9.17, 15) is 0 Å². The van der Waals surface area contributed by atoms with E-state index >= 15 is 0 Å². The third kappa shape index (κ3) is 2.79. The van der Waals surface area contributed by atoms with Crippen LogP contribution in [-0.4, -0.2) is 9.97 Å². The Hall–Kier alpha value is -1.98. The van der Waals surface area contributed by atoms with Gasteiger partial charge in [0.25, 0.3) is 0 Å². The first-order chi connectivity index (χ1) is 9.72. The van der Waals surface area contributed by atoms with Gasteiger partial charge in [-0.2, -0.15) is 0 Å². The van der Waals surface area contributed by atoms with E-state index in [0.29, 0.717) is 11.6 Å². The fourth-order valence-corrected chi connectivity index (χ4v) is 2.86. The van der Waals surface area contributed by atoms with Gasteiger partial charge in [-0.15, -0.1) is 11.3 Å². The normalized spacial score (nSPS) is 10.6. The van der Waals surface area contributed by atoms with Crippen molar-refractivity contribution in [2.45, 2.75) is 6.61 Å². The smallest absolute Gasteiger partial charge is 0.140 e. The lowest BCUT2D eigenvalue weighted by molar-refractivity contribution is 0.306. The molecule has 1 aromatic heterocycles. The number of hydrogen-bond donors (Lipinski definition) is 1. The molecule has 2 N–H and O–H groups in total. The van der Waals surface area contributed by atoms with Crippen LogP contribution < -0.4 is 10.5 Å². The van der Waals surface area contributed by atoms with E-state index in [4.69, 9.17) is 22.7 Å². The average Bonchev–Trinajstić information content (AvgIpc) is 2.88. The molecule has 0 radical (unpaired) electrons. The molecule has 0 saturated carbocycles. The molecule has 0 aliphatic heterocycles. The second kappa shape index (κ2) is 5.56. The second-order valence-electron chi connectivity index (χ2n) is 4.25. The van der Waals surface area contributed by atoms with E-state index < -0.39 is 0 Å². The fourth-order valence-electron chi connectivity index (χ4n) is 1.84. The first-order valence-corrected chi connectivity index (χ1v) is 7.32. The molecule has 3 rings (SSSR count). The summed E-state index contributed by atoms with van der Waals surface area (Å²) < 4.78 is 6.90. The number of para-hydroxylation sites is 1. The zero-order valence-electron chi connectivity index (χ0n) is 10.6. The number of hydrogen-bond acceptors (Lipinski definition) is 4. The van der Waals surface area contributed by atoms with Gasteiger partial charge >= 0.3 is 0 Å². The Morgan fingerprint density at radius 2 is 1.90 bits per heavy atom. The number of aromatic nitrogens is 1. The van der Waals surface area contributed by atoms with Crippen LogP contribution in [0.2, 0.25) is 0 Å². The fraction of sp³-hybridized carbons (Fsp3) is 0.0667. The van der Waals surface area contributed by atoms with Crippen LogP contribution >= 0.6 is 23.6 Å². The third-order valence-electron chi connectivity index (χ3n) is 2.84. The number of benzene rings is 2. The molecule has 0 unspecified atom stereocenters. The van der Waals surface area contributed by atoms with Crippen LogP contribution in [0.3, 0.4) is 0 Å². The Labute approximate surface area is 126 Å². The van der Waals surface area contributed by atoms with Crippen LogP contribution in [0, 0.1) is 0 Å². The highest BCUT2D eigenvalue weighted by Crippen LogP contribution is 2.23. The molecule has 0 aliphatic rings. The molecule has 5 heteroatoms. The summed E-state index contributed by atoms with van der Waals surface area (Å²) in [6, 6.07) is 15.5. The van der Waals surface area contributed by atoms with E-state index in [0.717, 1.165) is 21.8 Å². The Kier molecular flexibility index (Phi) is 3.62. The zero-order chi connectivity index (χ0) is 13.9. The van der Waals surface area contributed by atoms with Crippen LogP contribution in [0.4, 0.5) is 0 Å². The van der Waals surface area contributed by atoms with Gasteiger partial charge in [0, 0.05) is 5.56 Å². The summed E-state index contributed by atoms with van der Waals surface area (Å²) in [5.41, 5.74) is 7.41. The van der Waals surface area contributed by atoms with Gasteiger partial charge in [-0.05, 0) is 36.4 Å². The minimum absolute atomic E-state index is 0.391. The van der Waals surface area contributed by atoms with Gasteiger partial charge in [0.05, 0.1) is 10.2 Å². The van der Waals surface area contributed by atoms with Crippen molar-refractivity contribution in [1.29, 1.82) is 0 Å². The maximum Gasteiger partial charge on any atom is 0.140 e. The first kappa shape index (κ1) is 13.0. The molecule has 20 heavy (non-hydrogen) atoms. The molecule has 0 bridgehead atoms. The molecular formula is C15H12N2OS2. The van der Waals surface area contributed by atoms with Gasteiger partial charge in [-0.1, -0.05) is 24.4 Å². The summed E-state index contributed by atoms with van der Waals surface area (Å²) in [5, 5.41) is 0.963. The molecule has 3 nitrogen and oxygen atoms in total. The Morgan fingerprint density at radius 3 is 2.60 bits per heavy atom. The first-order valence-electron chi connectivity index (χ1n) is 6.09.